The Kier molecular flexibility index (Phi) is 19.9. The highest BCUT2D eigenvalue weighted by Gasteiger charge is 2.37. The Bertz CT molecular complexity index is 276. The fourth-order valence-corrected chi connectivity index (χ4v) is 5.40. The maximum absolute atomic E-state index is 6.11. The third-order valence-corrected chi connectivity index (χ3v) is 7.98. The van der Waals surface area contributed by atoms with Gasteiger partial charge in [-0.3, -0.25) is 0 Å². The SMILES string of the molecule is CCCCCCCC[Si](OC)(OC)OCCCCCCCCCCCN. The second-order valence-corrected chi connectivity index (χ2v) is 10.4. The first-order chi connectivity index (χ1) is 12.7. The number of hydrogen-bond acceptors (Lipinski definition) is 4. The van der Waals surface area contributed by atoms with Crippen molar-refractivity contribution in [3.63, 3.8) is 0 Å². The Balaban J connectivity index is 3.63. The Labute approximate surface area is 164 Å². The van der Waals surface area contributed by atoms with Gasteiger partial charge in [-0.05, 0) is 25.8 Å². The molecule has 0 aromatic carbocycles. The van der Waals surface area contributed by atoms with Gasteiger partial charge in [0.25, 0.3) is 0 Å². The molecule has 0 spiro atoms. The second kappa shape index (κ2) is 19.8. The van der Waals surface area contributed by atoms with Crippen LogP contribution in [0.2, 0.25) is 6.04 Å². The zero-order valence-corrected chi connectivity index (χ0v) is 19.0. The summed E-state index contributed by atoms with van der Waals surface area (Å²) in [5.41, 5.74) is 5.51. The van der Waals surface area contributed by atoms with Crippen LogP contribution in [0.25, 0.3) is 0 Å². The van der Waals surface area contributed by atoms with Crippen LogP contribution in [0.5, 0.6) is 0 Å². The van der Waals surface area contributed by atoms with E-state index in [1.54, 1.807) is 14.2 Å². The van der Waals surface area contributed by atoms with Crippen molar-refractivity contribution in [3.8, 4) is 0 Å². The van der Waals surface area contributed by atoms with E-state index in [0.717, 1.165) is 32.0 Å². The van der Waals surface area contributed by atoms with Crippen molar-refractivity contribution < 1.29 is 13.3 Å². The van der Waals surface area contributed by atoms with Crippen LogP contribution in [0.15, 0.2) is 0 Å². The van der Waals surface area contributed by atoms with E-state index in [9.17, 15) is 0 Å². The van der Waals surface area contributed by atoms with Gasteiger partial charge in [-0.2, -0.15) is 0 Å². The van der Waals surface area contributed by atoms with Gasteiger partial charge >= 0.3 is 8.80 Å². The summed E-state index contributed by atoms with van der Waals surface area (Å²) < 4.78 is 17.5. The molecule has 0 atom stereocenters. The predicted octanol–water partition coefficient (Wildman–Crippen LogP) is 6.06. The number of unbranched alkanes of at least 4 members (excludes halogenated alkanes) is 13. The average Bonchev–Trinajstić information content (AvgIpc) is 2.67. The summed E-state index contributed by atoms with van der Waals surface area (Å²) in [6.45, 7) is 3.87. The van der Waals surface area contributed by atoms with Crippen molar-refractivity contribution in [2.45, 2.75) is 109 Å². The lowest BCUT2D eigenvalue weighted by atomic mass is 10.1. The van der Waals surface area contributed by atoms with E-state index < -0.39 is 8.80 Å². The minimum absolute atomic E-state index is 0.778. The third kappa shape index (κ3) is 15.1. The molecule has 5 heteroatoms. The standard InChI is InChI=1S/C21H47NO3Si/c1-4-5-6-7-15-18-21-26(23-2,24-3)25-20-17-14-12-10-8-9-11-13-16-19-22/h4-22H2,1-3H3. The molecule has 2 N–H and O–H groups in total. The highest BCUT2D eigenvalue weighted by molar-refractivity contribution is 6.60. The first-order valence-corrected chi connectivity index (χ1v) is 13.1. The maximum Gasteiger partial charge on any atom is 0.500 e. The summed E-state index contributed by atoms with van der Waals surface area (Å²) in [6, 6.07) is 0.953. The monoisotopic (exact) mass is 389 g/mol. The lowest BCUT2D eigenvalue weighted by molar-refractivity contribution is 0.0955. The summed E-state index contributed by atoms with van der Waals surface area (Å²) in [6.07, 6.45) is 19.3. The predicted molar refractivity (Wildman–Crippen MR) is 115 cm³/mol. The Morgan fingerprint density at radius 3 is 1.58 bits per heavy atom. The van der Waals surface area contributed by atoms with E-state index in [1.807, 2.05) is 0 Å². The van der Waals surface area contributed by atoms with Crippen LogP contribution < -0.4 is 5.73 Å². The van der Waals surface area contributed by atoms with Gasteiger partial charge in [0.05, 0.1) is 0 Å². The molecular weight excluding hydrogens is 342 g/mol. The first-order valence-electron chi connectivity index (χ1n) is 11.2. The van der Waals surface area contributed by atoms with Crippen molar-refractivity contribution >= 4 is 8.80 Å². The molecule has 0 fully saturated rings. The lowest BCUT2D eigenvalue weighted by Gasteiger charge is -2.26. The van der Waals surface area contributed by atoms with Gasteiger partial charge in [0.15, 0.2) is 0 Å². The van der Waals surface area contributed by atoms with Gasteiger partial charge < -0.3 is 19.0 Å². The second-order valence-electron chi connectivity index (χ2n) is 7.43. The fraction of sp³-hybridized carbons (Fsp3) is 1.00. The van der Waals surface area contributed by atoms with Gasteiger partial charge in [-0.1, -0.05) is 84.0 Å². The van der Waals surface area contributed by atoms with Gasteiger partial charge in [0, 0.05) is 26.9 Å². The van der Waals surface area contributed by atoms with Crippen LogP contribution in [0.4, 0.5) is 0 Å². The van der Waals surface area contributed by atoms with Crippen LogP contribution in [-0.4, -0.2) is 36.2 Å². The van der Waals surface area contributed by atoms with E-state index in [4.69, 9.17) is 19.0 Å². The van der Waals surface area contributed by atoms with Crippen molar-refractivity contribution in [1.82, 2.24) is 0 Å². The highest BCUT2D eigenvalue weighted by Crippen LogP contribution is 2.20. The molecule has 0 aromatic heterocycles. The zero-order valence-electron chi connectivity index (χ0n) is 18.0. The van der Waals surface area contributed by atoms with Crippen LogP contribution in [0.1, 0.15) is 103 Å². The van der Waals surface area contributed by atoms with Crippen LogP contribution in [0, 0.1) is 0 Å². The normalized spacial score (nSPS) is 12.0. The van der Waals surface area contributed by atoms with Gasteiger partial charge in [0.2, 0.25) is 0 Å². The summed E-state index contributed by atoms with van der Waals surface area (Å²) in [4.78, 5) is 0. The van der Waals surface area contributed by atoms with E-state index >= 15 is 0 Å². The first kappa shape index (κ1) is 26.1. The smallest absolute Gasteiger partial charge is 0.377 e. The van der Waals surface area contributed by atoms with Crippen LogP contribution in [-0.2, 0) is 13.3 Å². The zero-order chi connectivity index (χ0) is 19.3. The third-order valence-electron chi connectivity index (χ3n) is 5.13. The van der Waals surface area contributed by atoms with Crippen LogP contribution in [0.3, 0.4) is 0 Å². The average molecular weight is 390 g/mol. The fourth-order valence-electron chi connectivity index (χ4n) is 3.31. The topological polar surface area (TPSA) is 53.7 Å². The van der Waals surface area contributed by atoms with Gasteiger partial charge in [-0.15, -0.1) is 0 Å². The molecule has 0 aliphatic rings. The van der Waals surface area contributed by atoms with Crippen molar-refractivity contribution in [1.29, 1.82) is 0 Å². The molecule has 0 unspecified atom stereocenters. The molecule has 0 aromatic rings. The molecule has 158 valence electrons. The quantitative estimate of drug-likeness (QED) is 0.191. The summed E-state index contributed by atoms with van der Waals surface area (Å²) in [5, 5.41) is 0. The molecule has 26 heavy (non-hydrogen) atoms. The van der Waals surface area contributed by atoms with Crippen molar-refractivity contribution in [2.75, 3.05) is 27.4 Å². The molecule has 0 heterocycles. The van der Waals surface area contributed by atoms with E-state index in [-0.39, 0.29) is 0 Å². The molecule has 0 saturated carbocycles. The van der Waals surface area contributed by atoms with E-state index in [1.165, 1.54) is 83.5 Å². The van der Waals surface area contributed by atoms with Crippen molar-refractivity contribution in [3.05, 3.63) is 0 Å². The molecule has 0 saturated heterocycles. The van der Waals surface area contributed by atoms with Gasteiger partial charge in [0.1, 0.15) is 0 Å². The lowest BCUT2D eigenvalue weighted by Crippen LogP contribution is -2.44. The van der Waals surface area contributed by atoms with Gasteiger partial charge in [-0.25, -0.2) is 0 Å². The van der Waals surface area contributed by atoms with Crippen LogP contribution >= 0.6 is 0 Å². The Hall–Kier alpha value is 0.0569. The Morgan fingerprint density at radius 1 is 0.615 bits per heavy atom. The van der Waals surface area contributed by atoms with Crippen molar-refractivity contribution in [2.24, 2.45) is 5.73 Å². The molecule has 0 bridgehead atoms. The highest BCUT2D eigenvalue weighted by atomic mass is 28.4. The molecule has 0 aliphatic carbocycles. The minimum Gasteiger partial charge on any atom is -0.377 e. The summed E-state index contributed by atoms with van der Waals surface area (Å²) in [7, 11) is 1.08. The number of rotatable bonds is 21. The number of hydrogen-bond donors (Lipinski definition) is 1. The molecule has 0 amide bonds. The number of nitrogens with two attached hydrogens (primary N) is 1. The summed E-state index contributed by atoms with van der Waals surface area (Å²) >= 11 is 0. The Morgan fingerprint density at radius 2 is 1.08 bits per heavy atom. The van der Waals surface area contributed by atoms with E-state index in [0.29, 0.717) is 0 Å². The molecular formula is C21H47NO3Si. The summed E-state index contributed by atoms with van der Waals surface area (Å²) in [5.74, 6) is 0. The molecule has 0 radical (unpaired) electrons. The molecule has 0 rings (SSSR count). The molecule has 4 nitrogen and oxygen atoms in total. The van der Waals surface area contributed by atoms with E-state index in [2.05, 4.69) is 6.92 Å². The maximum atomic E-state index is 6.11. The minimum atomic E-state index is -2.42. The molecule has 0 aliphatic heterocycles. The largest absolute Gasteiger partial charge is 0.500 e.